The van der Waals surface area contributed by atoms with E-state index in [9.17, 15) is 0 Å². The molecule has 0 radical (unpaired) electrons. The second-order valence-corrected chi connectivity index (χ2v) is 6.25. The minimum absolute atomic E-state index is 0.521. The van der Waals surface area contributed by atoms with Gasteiger partial charge in [0, 0.05) is 15.8 Å². The van der Waals surface area contributed by atoms with E-state index in [1.807, 2.05) is 29.5 Å². The Morgan fingerprint density at radius 3 is 2.72 bits per heavy atom. The number of rotatable bonds is 6. The average molecular weight is 299 g/mol. The van der Waals surface area contributed by atoms with Gasteiger partial charge < -0.3 is 0 Å². The van der Waals surface area contributed by atoms with Gasteiger partial charge in [0.05, 0.1) is 0 Å². The molecule has 0 aliphatic heterocycles. The molecule has 0 amide bonds. The summed E-state index contributed by atoms with van der Waals surface area (Å²) in [5.41, 5.74) is 1.28. The molecule has 2 aromatic rings. The topological polar surface area (TPSA) is 0 Å². The van der Waals surface area contributed by atoms with Gasteiger partial charge in [-0.1, -0.05) is 29.8 Å². The summed E-state index contributed by atoms with van der Waals surface area (Å²) in [4.78, 5) is 1.44. The lowest BCUT2D eigenvalue weighted by Crippen LogP contribution is -2.07. The van der Waals surface area contributed by atoms with E-state index in [1.54, 1.807) is 0 Å². The van der Waals surface area contributed by atoms with E-state index >= 15 is 0 Å². The molecule has 0 saturated carbocycles. The van der Waals surface area contributed by atoms with Gasteiger partial charge in [0.25, 0.3) is 0 Å². The van der Waals surface area contributed by atoms with E-state index in [2.05, 4.69) is 23.6 Å². The quantitative estimate of drug-likeness (QED) is 0.624. The molecule has 0 nitrogen and oxygen atoms in total. The highest BCUT2D eigenvalue weighted by Crippen LogP contribution is 2.20. The summed E-state index contributed by atoms with van der Waals surface area (Å²) in [7, 11) is 0. The maximum atomic E-state index is 6.07. The van der Waals surface area contributed by atoms with Gasteiger partial charge in [0.15, 0.2) is 0 Å². The Balaban J connectivity index is 1.89. The SMILES string of the molecule is ClCC(CCc1cccs1)Cc1cccc(Cl)c1. The standard InChI is InChI=1S/C15H16Cl2S/c16-11-13(6-7-15-5-2-8-18-15)9-12-3-1-4-14(17)10-12/h1-5,8,10,13H,6-7,9,11H2. The number of benzene rings is 1. The highest BCUT2D eigenvalue weighted by molar-refractivity contribution is 7.09. The van der Waals surface area contributed by atoms with Gasteiger partial charge in [-0.05, 0) is 54.3 Å². The van der Waals surface area contributed by atoms with Crippen LogP contribution in [0.5, 0.6) is 0 Å². The van der Waals surface area contributed by atoms with E-state index in [0.29, 0.717) is 11.8 Å². The monoisotopic (exact) mass is 298 g/mol. The Hall–Kier alpha value is -0.500. The van der Waals surface area contributed by atoms with Gasteiger partial charge in [-0.3, -0.25) is 0 Å². The van der Waals surface area contributed by atoms with Crippen molar-refractivity contribution in [3.8, 4) is 0 Å². The summed E-state index contributed by atoms with van der Waals surface area (Å²) in [6, 6.07) is 12.4. The lowest BCUT2D eigenvalue weighted by Gasteiger charge is -2.13. The van der Waals surface area contributed by atoms with Crippen LogP contribution >= 0.6 is 34.5 Å². The normalized spacial score (nSPS) is 12.6. The molecule has 0 aliphatic carbocycles. The molecule has 1 unspecified atom stereocenters. The van der Waals surface area contributed by atoms with Crippen molar-refractivity contribution in [3.63, 3.8) is 0 Å². The van der Waals surface area contributed by atoms with Crippen molar-refractivity contribution in [2.24, 2.45) is 5.92 Å². The van der Waals surface area contributed by atoms with Gasteiger partial charge in [-0.15, -0.1) is 22.9 Å². The summed E-state index contributed by atoms with van der Waals surface area (Å²) in [5.74, 6) is 1.23. The van der Waals surface area contributed by atoms with E-state index < -0.39 is 0 Å². The van der Waals surface area contributed by atoms with Crippen LogP contribution in [-0.4, -0.2) is 5.88 Å². The maximum absolute atomic E-state index is 6.07. The van der Waals surface area contributed by atoms with E-state index in [0.717, 1.165) is 24.3 Å². The van der Waals surface area contributed by atoms with Crippen LogP contribution in [0.25, 0.3) is 0 Å². The van der Waals surface area contributed by atoms with E-state index in [1.165, 1.54) is 10.4 Å². The Morgan fingerprint density at radius 2 is 2.06 bits per heavy atom. The smallest absolute Gasteiger partial charge is 0.0408 e. The molecular formula is C15H16Cl2S. The Labute approximate surface area is 123 Å². The fourth-order valence-corrected chi connectivity index (χ4v) is 3.23. The van der Waals surface area contributed by atoms with Crippen LogP contribution in [0.1, 0.15) is 16.9 Å². The third-order valence-corrected chi connectivity index (χ3v) is 4.62. The highest BCUT2D eigenvalue weighted by Gasteiger charge is 2.09. The van der Waals surface area contributed by atoms with Crippen LogP contribution < -0.4 is 0 Å². The molecule has 0 bridgehead atoms. The summed E-state index contributed by atoms with van der Waals surface area (Å²) < 4.78 is 0. The number of hydrogen-bond donors (Lipinski definition) is 0. The number of alkyl halides is 1. The first-order chi connectivity index (χ1) is 8.78. The van der Waals surface area contributed by atoms with Gasteiger partial charge in [-0.25, -0.2) is 0 Å². The highest BCUT2D eigenvalue weighted by atomic mass is 35.5. The molecule has 3 heteroatoms. The molecule has 1 aromatic heterocycles. The van der Waals surface area contributed by atoms with Crippen molar-refractivity contribution >= 4 is 34.5 Å². The van der Waals surface area contributed by atoms with Crippen molar-refractivity contribution in [1.82, 2.24) is 0 Å². The minimum atomic E-state index is 0.521. The largest absolute Gasteiger partial charge is 0.149 e. The predicted octanol–water partition coefficient (Wildman–Crippen LogP) is 5.43. The summed E-state index contributed by atoms with van der Waals surface area (Å²) in [5, 5.41) is 2.93. The third-order valence-electron chi connectivity index (χ3n) is 3.01. The Kier molecular flexibility index (Phi) is 5.55. The van der Waals surface area contributed by atoms with Gasteiger partial charge in [-0.2, -0.15) is 0 Å². The third kappa shape index (κ3) is 4.31. The van der Waals surface area contributed by atoms with Crippen LogP contribution in [0.2, 0.25) is 5.02 Å². The molecule has 1 heterocycles. The molecule has 0 aliphatic rings. The van der Waals surface area contributed by atoms with Crippen molar-refractivity contribution in [3.05, 3.63) is 57.2 Å². The number of thiophene rings is 1. The van der Waals surface area contributed by atoms with Crippen molar-refractivity contribution in [2.45, 2.75) is 19.3 Å². The molecule has 0 N–H and O–H groups in total. The fourth-order valence-electron chi connectivity index (χ4n) is 2.03. The van der Waals surface area contributed by atoms with Gasteiger partial charge in [0.2, 0.25) is 0 Å². The number of hydrogen-bond acceptors (Lipinski definition) is 1. The van der Waals surface area contributed by atoms with Crippen LogP contribution in [-0.2, 0) is 12.8 Å². The first-order valence-electron chi connectivity index (χ1n) is 6.10. The van der Waals surface area contributed by atoms with Crippen molar-refractivity contribution < 1.29 is 0 Å². The first kappa shape index (κ1) is 13.9. The van der Waals surface area contributed by atoms with Crippen LogP contribution in [0, 0.1) is 5.92 Å². The number of aryl methyl sites for hydroxylation is 1. The fraction of sp³-hybridized carbons (Fsp3) is 0.333. The second-order valence-electron chi connectivity index (χ2n) is 4.47. The molecule has 1 atom stereocenters. The molecule has 2 rings (SSSR count). The molecule has 96 valence electrons. The molecule has 18 heavy (non-hydrogen) atoms. The summed E-state index contributed by atoms with van der Waals surface area (Å²) in [6.45, 7) is 0. The Morgan fingerprint density at radius 1 is 1.17 bits per heavy atom. The average Bonchev–Trinajstić information content (AvgIpc) is 2.87. The Bertz CT molecular complexity index is 465. The molecule has 0 saturated heterocycles. The zero-order chi connectivity index (χ0) is 12.8. The van der Waals surface area contributed by atoms with Gasteiger partial charge >= 0.3 is 0 Å². The van der Waals surface area contributed by atoms with Crippen LogP contribution in [0.15, 0.2) is 41.8 Å². The predicted molar refractivity (Wildman–Crippen MR) is 82.0 cm³/mol. The minimum Gasteiger partial charge on any atom is -0.149 e. The maximum Gasteiger partial charge on any atom is 0.0408 e. The zero-order valence-corrected chi connectivity index (χ0v) is 12.4. The van der Waals surface area contributed by atoms with Crippen LogP contribution in [0.4, 0.5) is 0 Å². The molecular weight excluding hydrogens is 283 g/mol. The van der Waals surface area contributed by atoms with Gasteiger partial charge in [0.1, 0.15) is 0 Å². The molecule has 1 aromatic carbocycles. The molecule has 0 spiro atoms. The van der Waals surface area contributed by atoms with E-state index in [4.69, 9.17) is 23.2 Å². The second kappa shape index (κ2) is 7.18. The lowest BCUT2D eigenvalue weighted by molar-refractivity contribution is 0.539. The summed E-state index contributed by atoms with van der Waals surface area (Å²) in [6.07, 6.45) is 3.27. The van der Waals surface area contributed by atoms with Crippen molar-refractivity contribution in [1.29, 1.82) is 0 Å². The lowest BCUT2D eigenvalue weighted by atomic mass is 9.96. The van der Waals surface area contributed by atoms with Crippen molar-refractivity contribution in [2.75, 3.05) is 5.88 Å². The first-order valence-corrected chi connectivity index (χ1v) is 7.90. The molecule has 0 fully saturated rings. The number of halogens is 2. The summed E-state index contributed by atoms with van der Waals surface area (Å²) >= 11 is 13.9. The van der Waals surface area contributed by atoms with Crippen LogP contribution in [0.3, 0.4) is 0 Å². The van der Waals surface area contributed by atoms with E-state index in [-0.39, 0.29) is 0 Å². The zero-order valence-electron chi connectivity index (χ0n) is 10.1.